The lowest BCUT2D eigenvalue weighted by atomic mass is 10.2. The minimum absolute atomic E-state index is 0.590. The second-order valence-corrected chi connectivity index (χ2v) is 6.01. The largest absolute Gasteiger partial charge is 0.488 e. The van der Waals surface area contributed by atoms with E-state index in [1.165, 1.54) is 12.5 Å². The van der Waals surface area contributed by atoms with E-state index in [0.29, 0.717) is 6.61 Å². The van der Waals surface area contributed by atoms with Crippen LogP contribution in [0.5, 0.6) is 5.75 Å². The Balaban J connectivity index is 0.000000595. The Kier molecular flexibility index (Phi) is 6.85. The van der Waals surface area contributed by atoms with Gasteiger partial charge in [0.1, 0.15) is 18.6 Å². The number of carbonyl (C=O) groups is 1. The first-order valence-corrected chi connectivity index (χ1v) is 8.39. The lowest BCUT2D eigenvalue weighted by molar-refractivity contribution is -0.106. The van der Waals surface area contributed by atoms with Gasteiger partial charge in [0.2, 0.25) is 0 Å². The molecule has 0 spiro atoms. The first-order valence-electron chi connectivity index (χ1n) is 7.14. The summed E-state index contributed by atoms with van der Waals surface area (Å²) < 4.78 is 5.80. The average molecular weight is 345 g/mol. The van der Waals surface area contributed by atoms with Crippen LogP contribution in [-0.4, -0.2) is 6.29 Å². The van der Waals surface area contributed by atoms with E-state index in [1.54, 1.807) is 11.3 Å². The maximum atomic E-state index is 8.81. The van der Waals surface area contributed by atoms with Crippen LogP contribution >= 0.6 is 22.9 Å². The van der Waals surface area contributed by atoms with E-state index in [2.05, 4.69) is 24.3 Å². The third kappa shape index (κ3) is 5.55. The van der Waals surface area contributed by atoms with Crippen LogP contribution in [-0.2, 0) is 11.4 Å². The molecule has 23 heavy (non-hydrogen) atoms. The van der Waals surface area contributed by atoms with Crippen LogP contribution < -0.4 is 4.74 Å². The van der Waals surface area contributed by atoms with Crippen LogP contribution in [0, 0.1) is 0 Å². The van der Waals surface area contributed by atoms with Crippen LogP contribution in [0.1, 0.15) is 12.5 Å². The van der Waals surface area contributed by atoms with Gasteiger partial charge in [-0.05, 0) is 36.2 Å². The third-order valence-electron chi connectivity index (χ3n) is 2.93. The highest BCUT2D eigenvalue weighted by Gasteiger charge is 2.04. The molecule has 0 amide bonds. The van der Waals surface area contributed by atoms with Gasteiger partial charge >= 0.3 is 0 Å². The van der Waals surface area contributed by atoms with Crippen molar-refractivity contribution in [2.45, 2.75) is 13.5 Å². The molecule has 0 aliphatic heterocycles. The molecule has 3 rings (SSSR count). The van der Waals surface area contributed by atoms with Gasteiger partial charge in [-0.3, -0.25) is 0 Å². The quantitative estimate of drug-likeness (QED) is 0.555. The van der Waals surface area contributed by atoms with Crippen molar-refractivity contribution in [3.63, 3.8) is 0 Å². The Hall–Kier alpha value is -2.10. The number of benzene rings is 2. The lowest BCUT2D eigenvalue weighted by Crippen LogP contribution is -1.93. The zero-order valence-electron chi connectivity index (χ0n) is 12.7. The van der Waals surface area contributed by atoms with E-state index in [9.17, 15) is 0 Å². The van der Waals surface area contributed by atoms with Crippen molar-refractivity contribution in [3.05, 3.63) is 76.6 Å². The van der Waals surface area contributed by atoms with Gasteiger partial charge in [-0.2, -0.15) is 0 Å². The predicted molar refractivity (Wildman–Crippen MR) is 97.3 cm³/mol. The molecule has 2 aromatic carbocycles. The Labute approximate surface area is 145 Å². The number of rotatable bonds is 4. The zero-order valence-corrected chi connectivity index (χ0v) is 14.3. The maximum absolute atomic E-state index is 8.81. The summed E-state index contributed by atoms with van der Waals surface area (Å²) in [7, 11) is 0. The monoisotopic (exact) mass is 344 g/mol. The Morgan fingerprint density at radius 1 is 1.09 bits per heavy atom. The smallest absolute Gasteiger partial charge is 0.131 e. The first-order chi connectivity index (χ1) is 11.2. The molecule has 0 N–H and O–H groups in total. The summed E-state index contributed by atoms with van der Waals surface area (Å²) >= 11 is 7.68. The minimum Gasteiger partial charge on any atom is -0.488 e. The fourth-order valence-electron chi connectivity index (χ4n) is 1.93. The number of carbonyl (C=O) groups excluding carboxylic acids is 1. The number of hydrogen-bond acceptors (Lipinski definition) is 3. The van der Waals surface area contributed by atoms with E-state index in [0.717, 1.165) is 27.5 Å². The van der Waals surface area contributed by atoms with E-state index >= 15 is 0 Å². The molecule has 0 aliphatic carbocycles. The summed E-state index contributed by atoms with van der Waals surface area (Å²) in [6.07, 6.45) is 0.750. The Bertz CT molecular complexity index is 738. The summed E-state index contributed by atoms with van der Waals surface area (Å²) in [5, 5.41) is 2.78. The molecule has 0 saturated heterocycles. The van der Waals surface area contributed by atoms with Gasteiger partial charge in [0, 0.05) is 15.3 Å². The Morgan fingerprint density at radius 2 is 1.83 bits per heavy atom. The van der Waals surface area contributed by atoms with Crippen LogP contribution in [0.25, 0.3) is 10.4 Å². The van der Waals surface area contributed by atoms with E-state index in [1.807, 2.05) is 41.8 Å². The van der Waals surface area contributed by atoms with Crippen molar-refractivity contribution in [2.75, 3.05) is 0 Å². The van der Waals surface area contributed by atoms with Crippen molar-refractivity contribution in [1.29, 1.82) is 0 Å². The second kappa shape index (κ2) is 9.13. The van der Waals surface area contributed by atoms with Crippen molar-refractivity contribution < 1.29 is 9.53 Å². The number of ether oxygens (including phenoxy) is 1. The van der Waals surface area contributed by atoms with Crippen molar-refractivity contribution in [3.8, 4) is 16.2 Å². The summed E-state index contributed by atoms with van der Waals surface area (Å²) in [4.78, 5) is 9.97. The average Bonchev–Trinajstić information content (AvgIpc) is 3.04. The number of aldehydes is 1. The molecule has 2 nitrogen and oxygen atoms in total. The molecule has 1 aromatic heterocycles. The molecule has 0 atom stereocenters. The SMILES string of the molecule is CC=O.Clc1cccc(-c2cc(OCc3ccccc3)cs2)c1. The van der Waals surface area contributed by atoms with Crippen molar-refractivity contribution >= 4 is 29.2 Å². The van der Waals surface area contributed by atoms with Crippen molar-refractivity contribution in [2.24, 2.45) is 0 Å². The van der Waals surface area contributed by atoms with E-state index in [4.69, 9.17) is 21.1 Å². The van der Waals surface area contributed by atoms with Crippen LogP contribution in [0.15, 0.2) is 66.0 Å². The molecule has 118 valence electrons. The highest BCUT2D eigenvalue weighted by molar-refractivity contribution is 7.13. The first kappa shape index (κ1) is 17.3. The molecule has 0 saturated carbocycles. The van der Waals surface area contributed by atoms with E-state index in [-0.39, 0.29) is 0 Å². The van der Waals surface area contributed by atoms with Gasteiger partial charge in [-0.25, -0.2) is 0 Å². The summed E-state index contributed by atoms with van der Waals surface area (Å²) in [5.41, 5.74) is 2.29. The normalized spacial score (nSPS) is 9.65. The fraction of sp³-hybridized carbons (Fsp3) is 0.105. The van der Waals surface area contributed by atoms with Gasteiger partial charge in [-0.15, -0.1) is 11.3 Å². The third-order valence-corrected chi connectivity index (χ3v) is 4.13. The van der Waals surface area contributed by atoms with Gasteiger partial charge in [-0.1, -0.05) is 54.1 Å². The van der Waals surface area contributed by atoms with Gasteiger partial charge < -0.3 is 9.53 Å². The van der Waals surface area contributed by atoms with Crippen LogP contribution in [0.2, 0.25) is 5.02 Å². The lowest BCUT2D eigenvalue weighted by Gasteiger charge is -2.03. The number of thiophene rings is 1. The van der Waals surface area contributed by atoms with Gasteiger partial charge in [0.05, 0.1) is 0 Å². The summed E-state index contributed by atoms with van der Waals surface area (Å²) in [5.74, 6) is 0.897. The molecule has 1 heterocycles. The molecule has 0 radical (unpaired) electrons. The molecule has 0 unspecified atom stereocenters. The zero-order chi connectivity index (χ0) is 16.5. The van der Waals surface area contributed by atoms with Crippen LogP contribution in [0.3, 0.4) is 0 Å². The standard InChI is InChI=1S/C17H13ClOS.C2H4O/c18-15-8-4-7-14(9-15)17-10-16(12-20-17)19-11-13-5-2-1-3-6-13;1-2-3/h1-10,12H,11H2;2H,1H3. The molecule has 0 fully saturated rings. The maximum Gasteiger partial charge on any atom is 0.131 e. The highest BCUT2D eigenvalue weighted by atomic mass is 35.5. The predicted octanol–water partition coefficient (Wildman–Crippen LogP) is 5.85. The van der Waals surface area contributed by atoms with E-state index < -0.39 is 0 Å². The van der Waals surface area contributed by atoms with Crippen LogP contribution in [0.4, 0.5) is 0 Å². The molecule has 3 aromatic rings. The van der Waals surface area contributed by atoms with Gasteiger partial charge in [0.25, 0.3) is 0 Å². The summed E-state index contributed by atoms with van der Waals surface area (Å²) in [6, 6.07) is 20.1. The number of halogens is 1. The van der Waals surface area contributed by atoms with Gasteiger partial charge in [0.15, 0.2) is 0 Å². The highest BCUT2D eigenvalue weighted by Crippen LogP contribution is 2.32. The summed E-state index contributed by atoms with van der Waals surface area (Å²) in [6.45, 7) is 2.03. The number of hydrogen-bond donors (Lipinski definition) is 0. The molecular formula is C19H17ClO2S. The fourth-order valence-corrected chi connectivity index (χ4v) is 2.95. The van der Waals surface area contributed by atoms with Crippen molar-refractivity contribution in [1.82, 2.24) is 0 Å². The molecule has 4 heteroatoms. The molecule has 0 aliphatic rings. The topological polar surface area (TPSA) is 26.3 Å². The minimum atomic E-state index is 0.590. The molecule has 0 bridgehead atoms. The Morgan fingerprint density at radius 3 is 2.52 bits per heavy atom. The molecular weight excluding hydrogens is 328 g/mol. The second-order valence-electron chi connectivity index (χ2n) is 4.67.